The van der Waals surface area contributed by atoms with E-state index in [1.807, 2.05) is 0 Å². The molecule has 3 N–H and O–H groups in total. The molecule has 0 spiro atoms. The molecule has 2 atom stereocenters. The average Bonchev–Trinajstić information content (AvgIpc) is 3.11. The summed E-state index contributed by atoms with van der Waals surface area (Å²) in [6.45, 7) is 0.175. The van der Waals surface area contributed by atoms with Crippen molar-refractivity contribution < 1.29 is 31.5 Å². The predicted octanol–water partition coefficient (Wildman–Crippen LogP) is 3.86. The van der Waals surface area contributed by atoms with Gasteiger partial charge < -0.3 is 20.2 Å². The van der Waals surface area contributed by atoms with Gasteiger partial charge in [0, 0.05) is 23.9 Å². The molecular weight excluding hydrogens is 449 g/mol. The third kappa shape index (κ3) is 4.08. The number of fused-ring (bicyclic) bond motifs is 1. The number of amides is 1. The Morgan fingerprint density at radius 2 is 2.09 bits per heavy atom. The first-order valence-corrected chi connectivity index (χ1v) is 9.74. The van der Waals surface area contributed by atoms with E-state index in [1.165, 1.54) is 6.07 Å². The number of hydrogen-bond donors (Lipinski definition) is 2. The van der Waals surface area contributed by atoms with Crippen LogP contribution in [0.1, 0.15) is 28.2 Å². The zero-order valence-electron chi connectivity index (χ0n) is 17.2. The SMILES string of the molecule is Cc1c(C(=O)Nc2ccc(F)c([C@]3(CF)C[C@@H](C(F)(F)F)N=C(N)O3)c2)nc2ccccn12. The Morgan fingerprint density at radius 1 is 1.33 bits per heavy atom. The fourth-order valence-corrected chi connectivity index (χ4v) is 3.76. The Hall–Kier alpha value is -3.70. The monoisotopic (exact) mass is 467 g/mol. The maximum Gasteiger partial charge on any atom is 0.411 e. The Morgan fingerprint density at radius 3 is 2.76 bits per heavy atom. The van der Waals surface area contributed by atoms with Crippen LogP contribution in [-0.4, -0.2) is 40.2 Å². The van der Waals surface area contributed by atoms with Crippen LogP contribution in [0.2, 0.25) is 0 Å². The molecule has 3 heterocycles. The lowest BCUT2D eigenvalue weighted by Crippen LogP contribution is -2.48. The summed E-state index contributed by atoms with van der Waals surface area (Å²) in [6.07, 6.45) is -4.13. The second-order valence-corrected chi connectivity index (χ2v) is 7.58. The Bertz CT molecular complexity index is 1260. The molecule has 0 saturated heterocycles. The Balaban J connectivity index is 1.68. The molecular formula is C21H18F5N5O2. The molecule has 0 aliphatic carbocycles. The molecule has 1 aliphatic heterocycles. The largest absolute Gasteiger partial charge is 0.451 e. The van der Waals surface area contributed by atoms with E-state index in [0.29, 0.717) is 11.3 Å². The third-order valence-corrected chi connectivity index (χ3v) is 5.40. The number of hydrogen-bond acceptors (Lipinski definition) is 5. The smallest absolute Gasteiger partial charge is 0.411 e. The molecule has 1 amide bonds. The van der Waals surface area contributed by atoms with Crippen LogP contribution < -0.4 is 11.1 Å². The molecule has 12 heteroatoms. The van der Waals surface area contributed by atoms with Crippen molar-refractivity contribution in [3.63, 3.8) is 0 Å². The van der Waals surface area contributed by atoms with Crippen molar-refractivity contribution in [2.45, 2.75) is 31.2 Å². The summed E-state index contributed by atoms with van der Waals surface area (Å²) in [5.41, 5.74) is 3.64. The summed E-state index contributed by atoms with van der Waals surface area (Å²) in [4.78, 5) is 20.2. The van der Waals surface area contributed by atoms with Gasteiger partial charge in [0.1, 0.15) is 23.8 Å². The summed E-state index contributed by atoms with van der Waals surface area (Å²) in [6, 6.07) is 5.04. The van der Waals surface area contributed by atoms with Gasteiger partial charge in [0.15, 0.2) is 11.6 Å². The average molecular weight is 467 g/mol. The van der Waals surface area contributed by atoms with Crippen molar-refractivity contribution in [1.29, 1.82) is 0 Å². The van der Waals surface area contributed by atoms with Gasteiger partial charge in [-0.1, -0.05) is 6.07 Å². The van der Waals surface area contributed by atoms with Crippen LogP contribution >= 0.6 is 0 Å². The number of aromatic nitrogens is 2. The summed E-state index contributed by atoms with van der Waals surface area (Å²) in [7, 11) is 0. The summed E-state index contributed by atoms with van der Waals surface area (Å²) in [5, 5.41) is 2.52. The number of carbonyl (C=O) groups is 1. The molecule has 1 aliphatic rings. The summed E-state index contributed by atoms with van der Waals surface area (Å²) < 4.78 is 75.4. The summed E-state index contributed by atoms with van der Waals surface area (Å²) >= 11 is 0. The van der Waals surface area contributed by atoms with Crippen molar-refractivity contribution in [3.8, 4) is 0 Å². The standard InChI is InChI=1S/C21H18F5N5O2/c1-11-17(30-16-4-2-3-7-31(11)16)18(32)28-12-5-6-14(23)13(8-12)20(10-22)9-15(21(24,25)26)29-19(27)33-20/h2-8,15H,9-10H2,1H3,(H2,27,29)(H,28,32)/t15-,20+/m0/s1. The number of ether oxygens (including phenoxy) is 1. The van der Waals surface area contributed by atoms with Crippen molar-refractivity contribution >= 4 is 23.3 Å². The highest BCUT2D eigenvalue weighted by atomic mass is 19.4. The van der Waals surface area contributed by atoms with Gasteiger partial charge in [-0.3, -0.25) is 4.79 Å². The highest BCUT2D eigenvalue weighted by Crippen LogP contribution is 2.42. The number of aliphatic imine (C=N–C) groups is 1. The second kappa shape index (κ2) is 8.01. The number of nitrogens with zero attached hydrogens (tertiary/aromatic N) is 3. The molecule has 33 heavy (non-hydrogen) atoms. The molecule has 0 radical (unpaired) electrons. The van der Waals surface area contributed by atoms with Crippen LogP contribution in [0.25, 0.3) is 5.65 Å². The number of carbonyl (C=O) groups excluding carboxylic acids is 1. The number of benzene rings is 1. The fourth-order valence-electron chi connectivity index (χ4n) is 3.76. The number of anilines is 1. The van der Waals surface area contributed by atoms with Crippen molar-refractivity contribution in [2.24, 2.45) is 10.7 Å². The first-order chi connectivity index (χ1) is 15.5. The number of alkyl halides is 4. The Kier molecular flexibility index (Phi) is 5.46. The van der Waals surface area contributed by atoms with Crippen LogP contribution in [-0.2, 0) is 10.3 Å². The van der Waals surface area contributed by atoms with Gasteiger partial charge in [-0.2, -0.15) is 13.2 Å². The van der Waals surface area contributed by atoms with Crippen LogP contribution in [0.5, 0.6) is 0 Å². The maximum absolute atomic E-state index is 14.7. The van der Waals surface area contributed by atoms with Crippen molar-refractivity contribution in [2.75, 3.05) is 12.0 Å². The molecule has 0 bridgehead atoms. The fraction of sp³-hybridized carbons (Fsp3) is 0.286. The molecule has 0 saturated carbocycles. The molecule has 174 valence electrons. The minimum Gasteiger partial charge on any atom is -0.451 e. The Labute approximate surface area is 184 Å². The first-order valence-electron chi connectivity index (χ1n) is 9.74. The van der Waals surface area contributed by atoms with E-state index in [0.717, 1.165) is 12.1 Å². The van der Waals surface area contributed by atoms with E-state index < -0.39 is 54.2 Å². The molecule has 3 aromatic rings. The van der Waals surface area contributed by atoms with Gasteiger partial charge >= 0.3 is 6.18 Å². The number of imidazole rings is 1. The van der Waals surface area contributed by atoms with Gasteiger partial charge in [-0.15, -0.1) is 0 Å². The van der Waals surface area contributed by atoms with E-state index in [2.05, 4.69) is 15.3 Å². The van der Waals surface area contributed by atoms with Gasteiger partial charge in [-0.25, -0.2) is 18.8 Å². The molecule has 2 aromatic heterocycles. The number of halogens is 5. The van der Waals surface area contributed by atoms with E-state index in [4.69, 9.17) is 10.5 Å². The van der Waals surface area contributed by atoms with Crippen molar-refractivity contribution in [1.82, 2.24) is 9.38 Å². The van der Waals surface area contributed by atoms with Gasteiger partial charge in [0.25, 0.3) is 11.9 Å². The van der Waals surface area contributed by atoms with Gasteiger partial charge in [-0.05, 0) is 37.3 Å². The normalized spacial score (nSPS) is 20.9. The van der Waals surface area contributed by atoms with Crippen LogP contribution in [0.15, 0.2) is 47.6 Å². The third-order valence-electron chi connectivity index (χ3n) is 5.40. The number of pyridine rings is 1. The summed E-state index contributed by atoms with van der Waals surface area (Å²) in [5.74, 6) is -1.66. The highest BCUT2D eigenvalue weighted by Gasteiger charge is 2.52. The predicted molar refractivity (Wildman–Crippen MR) is 109 cm³/mol. The topological polar surface area (TPSA) is 94.0 Å². The van der Waals surface area contributed by atoms with E-state index >= 15 is 0 Å². The van der Waals surface area contributed by atoms with Crippen LogP contribution in [0.3, 0.4) is 0 Å². The molecule has 0 fully saturated rings. The molecule has 1 aromatic carbocycles. The van der Waals surface area contributed by atoms with E-state index in [-0.39, 0.29) is 11.4 Å². The number of rotatable bonds is 4. The first kappa shape index (κ1) is 22.5. The van der Waals surface area contributed by atoms with Crippen molar-refractivity contribution in [3.05, 3.63) is 65.4 Å². The zero-order chi connectivity index (χ0) is 24.0. The maximum atomic E-state index is 14.7. The molecule has 4 rings (SSSR count). The lowest BCUT2D eigenvalue weighted by Gasteiger charge is -2.38. The molecule has 0 unspecified atom stereocenters. The minimum absolute atomic E-state index is 0.00826. The quantitative estimate of drug-likeness (QED) is 0.570. The van der Waals surface area contributed by atoms with Crippen LogP contribution in [0.4, 0.5) is 27.6 Å². The number of aryl methyl sites for hydroxylation is 1. The minimum atomic E-state index is -4.84. The van der Waals surface area contributed by atoms with E-state index in [9.17, 15) is 26.7 Å². The lowest BCUT2D eigenvalue weighted by atomic mass is 9.86. The zero-order valence-corrected chi connectivity index (χ0v) is 17.2. The number of nitrogens with one attached hydrogen (secondary N) is 1. The van der Waals surface area contributed by atoms with E-state index in [1.54, 1.807) is 35.7 Å². The van der Waals surface area contributed by atoms with Gasteiger partial charge in [0.2, 0.25) is 0 Å². The second-order valence-electron chi connectivity index (χ2n) is 7.58. The van der Waals surface area contributed by atoms with Crippen LogP contribution in [0, 0.1) is 12.7 Å². The number of amidine groups is 1. The highest BCUT2D eigenvalue weighted by molar-refractivity contribution is 6.04. The van der Waals surface area contributed by atoms with Gasteiger partial charge in [0.05, 0.1) is 5.69 Å². The molecule has 7 nitrogen and oxygen atoms in total. The number of nitrogens with two attached hydrogens (primary N) is 1. The lowest BCUT2D eigenvalue weighted by molar-refractivity contribution is -0.167.